The van der Waals surface area contributed by atoms with Gasteiger partial charge in [-0.25, -0.2) is 4.79 Å². The second kappa shape index (κ2) is 4.75. The molecule has 0 aliphatic heterocycles. The van der Waals surface area contributed by atoms with Gasteiger partial charge < -0.3 is 21.1 Å². The molecule has 0 fully saturated rings. The third-order valence-electron chi connectivity index (χ3n) is 1.83. The molecule has 0 saturated carbocycles. The molecular weight excluding hydrogens is 218 g/mol. The van der Waals surface area contributed by atoms with Crippen molar-refractivity contribution in [1.29, 1.82) is 0 Å². The number of benzene rings is 1. The van der Waals surface area contributed by atoms with Crippen molar-refractivity contribution < 1.29 is 9.90 Å². The zero-order valence-electron chi connectivity index (χ0n) is 8.39. The summed E-state index contributed by atoms with van der Waals surface area (Å²) in [6.45, 7) is 0. The summed E-state index contributed by atoms with van der Waals surface area (Å²) in [6.07, 6.45) is 0. The lowest BCUT2D eigenvalue weighted by molar-refractivity contribution is 0.254. The summed E-state index contributed by atoms with van der Waals surface area (Å²) in [5.74, 6) is -0.0487. The quantitative estimate of drug-likeness (QED) is 0.585. The first kappa shape index (κ1) is 11.5. The van der Waals surface area contributed by atoms with Crippen LogP contribution in [0.5, 0.6) is 5.75 Å². The lowest BCUT2D eigenvalue weighted by atomic mass is 10.2. The van der Waals surface area contributed by atoms with E-state index in [-0.39, 0.29) is 11.4 Å². The second-order valence-corrected chi connectivity index (χ2v) is 3.21. The highest BCUT2D eigenvalue weighted by Crippen LogP contribution is 2.33. The van der Waals surface area contributed by atoms with E-state index in [0.717, 1.165) is 0 Å². The summed E-state index contributed by atoms with van der Waals surface area (Å²) < 4.78 is 0. The number of urea groups is 1. The number of hydrogen-bond acceptors (Lipinski definition) is 3. The number of rotatable bonds is 2. The Hall–Kier alpha value is -1.62. The molecule has 0 aliphatic carbocycles. The van der Waals surface area contributed by atoms with Gasteiger partial charge in [-0.1, -0.05) is 11.6 Å². The number of nitrogens with one attached hydrogen (secondary N) is 3. The Morgan fingerprint density at radius 3 is 2.53 bits per heavy atom. The number of amides is 2. The monoisotopic (exact) mass is 229 g/mol. The van der Waals surface area contributed by atoms with Gasteiger partial charge in [-0.2, -0.15) is 0 Å². The Labute approximate surface area is 92.4 Å². The Kier molecular flexibility index (Phi) is 3.62. The van der Waals surface area contributed by atoms with Crippen molar-refractivity contribution >= 4 is 29.0 Å². The van der Waals surface area contributed by atoms with Gasteiger partial charge in [0.25, 0.3) is 0 Å². The molecule has 4 N–H and O–H groups in total. The van der Waals surface area contributed by atoms with Crippen LogP contribution in [0.3, 0.4) is 0 Å². The minimum absolute atomic E-state index is 0.0487. The summed E-state index contributed by atoms with van der Waals surface area (Å²) >= 11 is 5.88. The molecule has 1 aromatic carbocycles. The Morgan fingerprint density at radius 2 is 2.00 bits per heavy atom. The maximum Gasteiger partial charge on any atom is 0.319 e. The molecule has 0 aliphatic rings. The van der Waals surface area contributed by atoms with Gasteiger partial charge in [0.1, 0.15) is 5.75 Å². The van der Waals surface area contributed by atoms with Gasteiger partial charge in [0.15, 0.2) is 0 Å². The van der Waals surface area contributed by atoms with E-state index in [1.165, 1.54) is 19.2 Å². The fourth-order valence-electron chi connectivity index (χ4n) is 1.04. The molecule has 2 amide bonds. The van der Waals surface area contributed by atoms with E-state index in [1.807, 2.05) is 0 Å². The second-order valence-electron chi connectivity index (χ2n) is 2.80. The summed E-state index contributed by atoms with van der Waals surface area (Å²) in [7, 11) is 3.17. The van der Waals surface area contributed by atoms with E-state index < -0.39 is 6.03 Å². The maximum absolute atomic E-state index is 11.0. The molecule has 0 saturated heterocycles. The number of halogens is 1. The van der Waals surface area contributed by atoms with E-state index in [2.05, 4.69) is 16.0 Å². The predicted octanol–water partition coefficient (Wildman–Crippen LogP) is 1.84. The van der Waals surface area contributed by atoms with Gasteiger partial charge >= 0.3 is 6.03 Å². The lowest BCUT2D eigenvalue weighted by Gasteiger charge is -2.10. The van der Waals surface area contributed by atoms with E-state index in [1.54, 1.807) is 7.05 Å². The van der Waals surface area contributed by atoms with Crippen molar-refractivity contribution in [2.24, 2.45) is 0 Å². The van der Waals surface area contributed by atoms with Crippen LogP contribution in [-0.2, 0) is 0 Å². The van der Waals surface area contributed by atoms with Crippen molar-refractivity contribution in [3.05, 3.63) is 17.2 Å². The summed E-state index contributed by atoms with van der Waals surface area (Å²) in [4.78, 5) is 11.0. The minimum Gasteiger partial charge on any atom is -0.506 e. The van der Waals surface area contributed by atoms with Gasteiger partial charge in [0.2, 0.25) is 0 Å². The molecule has 0 bridgehead atoms. The molecule has 0 unspecified atom stereocenters. The van der Waals surface area contributed by atoms with Crippen molar-refractivity contribution in [3.63, 3.8) is 0 Å². The topological polar surface area (TPSA) is 73.4 Å². The first-order chi connectivity index (χ1) is 7.08. The molecule has 15 heavy (non-hydrogen) atoms. The Bertz CT molecular complexity index is 382. The van der Waals surface area contributed by atoms with Gasteiger partial charge in [-0.3, -0.25) is 0 Å². The summed E-state index contributed by atoms with van der Waals surface area (Å²) in [5.41, 5.74) is 0.856. The van der Waals surface area contributed by atoms with Crippen LogP contribution in [0.15, 0.2) is 12.1 Å². The fraction of sp³-hybridized carbons (Fsp3) is 0.222. The molecule has 0 heterocycles. The van der Waals surface area contributed by atoms with E-state index >= 15 is 0 Å². The zero-order valence-corrected chi connectivity index (χ0v) is 9.14. The van der Waals surface area contributed by atoms with Crippen LogP contribution >= 0.6 is 11.6 Å². The molecule has 82 valence electrons. The molecule has 5 nitrogen and oxygen atoms in total. The summed E-state index contributed by atoms with van der Waals surface area (Å²) in [5, 5.41) is 17.6. The maximum atomic E-state index is 11.0. The van der Waals surface area contributed by atoms with E-state index in [4.69, 9.17) is 11.6 Å². The Morgan fingerprint density at radius 1 is 1.33 bits per heavy atom. The molecule has 1 rings (SSSR count). The van der Waals surface area contributed by atoms with Gasteiger partial charge in [0.05, 0.1) is 16.4 Å². The lowest BCUT2D eigenvalue weighted by Crippen LogP contribution is -2.24. The minimum atomic E-state index is -0.418. The molecular formula is C9H12ClN3O2. The molecule has 6 heteroatoms. The Balaban J connectivity index is 3.00. The third kappa shape index (κ3) is 2.66. The average Bonchev–Trinajstić information content (AvgIpc) is 2.22. The first-order valence-corrected chi connectivity index (χ1v) is 4.65. The van der Waals surface area contributed by atoms with Crippen LogP contribution < -0.4 is 16.0 Å². The van der Waals surface area contributed by atoms with Crippen molar-refractivity contribution in [2.45, 2.75) is 0 Å². The number of carbonyl (C=O) groups is 1. The van der Waals surface area contributed by atoms with Crippen LogP contribution in [0.25, 0.3) is 0 Å². The predicted molar refractivity (Wildman–Crippen MR) is 60.7 cm³/mol. The van der Waals surface area contributed by atoms with Crippen molar-refractivity contribution in [1.82, 2.24) is 5.32 Å². The molecule has 1 aromatic rings. The summed E-state index contributed by atoms with van der Waals surface area (Å²) in [6, 6.07) is 2.49. The van der Waals surface area contributed by atoms with Crippen LogP contribution in [0.4, 0.5) is 16.2 Å². The van der Waals surface area contributed by atoms with Crippen molar-refractivity contribution in [2.75, 3.05) is 24.7 Å². The molecule has 0 spiro atoms. The molecule has 0 radical (unpaired) electrons. The van der Waals surface area contributed by atoms with Crippen LogP contribution in [0.2, 0.25) is 5.02 Å². The SMILES string of the molecule is CNC(=O)Nc1cc(Cl)c(NC)cc1O. The molecule has 0 atom stereocenters. The van der Waals surface area contributed by atoms with E-state index in [0.29, 0.717) is 10.7 Å². The smallest absolute Gasteiger partial charge is 0.319 e. The number of anilines is 2. The first-order valence-electron chi connectivity index (χ1n) is 4.27. The largest absolute Gasteiger partial charge is 0.506 e. The number of phenols is 1. The van der Waals surface area contributed by atoms with Gasteiger partial charge in [0, 0.05) is 20.2 Å². The number of hydrogen-bond donors (Lipinski definition) is 4. The zero-order chi connectivity index (χ0) is 11.4. The highest BCUT2D eigenvalue weighted by molar-refractivity contribution is 6.33. The number of carbonyl (C=O) groups excluding carboxylic acids is 1. The fourth-order valence-corrected chi connectivity index (χ4v) is 1.30. The van der Waals surface area contributed by atoms with E-state index in [9.17, 15) is 9.90 Å². The third-order valence-corrected chi connectivity index (χ3v) is 2.14. The standard InChI is InChI=1S/C9H12ClN3O2/c1-11-6-4-8(14)7(3-5(6)10)13-9(15)12-2/h3-4,11,14H,1-2H3,(H2,12,13,15). The van der Waals surface area contributed by atoms with Crippen LogP contribution in [0, 0.1) is 0 Å². The van der Waals surface area contributed by atoms with Gasteiger partial charge in [-0.05, 0) is 6.07 Å². The number of phenolic OH excluding ortho intramolecular Hbond substituents is 1. The van der Waals surface area contributed by atoms with Gasteiger partial charge in [-0.15, -0.1) is 0 Å². The highest BCUT2D eigenvalue weighted by atomic mass is 35.5. The average molecular weight is 230 g/mol. The van der Waals surface area contributed by atoms with Crippen LogP contribution in [-0.4, -0.2) is 25.2 Å². The van der Waals surface area contributed by atoms with Crippen molar-refractivity contribution in [3.8, 4) is 5.75 Å². The molecule has 0 aromatic heterocycles. The van der Waals surface area contributed by atoms with Crippen LogP contribution in [0.1, 0.15) is 0 Å². The number of aromatic hydroxyl groups is 1. The highest BCUT2D eigenvalue weighted by Gasteiger charge is 2.08. The normalized spacial score (nSPS) is 9.53.